The molecule has 0 saturated carbocycles. The Bertz CT molecular complexity index is 406. The number of amides is 1. The van der Waals surface area contributed by atoms with Crippen molar-refractivity contribution in [2.45, 2.75) is 18.9 Å². The Morgan fingerprint density at radius 3 is 3.24 bits per heavy atom. The van der Waals surface area contributed by atoms with Gasteiger partial charge in [-0.25, -0.2) is 0 Å². The molecule has 0 radical (unpaired) electrons. The molecule has 2 atom stereocenters. The van der Waals surface area contributed by atoms with Gasteiger partial charge in [-0.05, 0) is 24.5 Å². The highest BCUT2D eigenvalue weighted by molar-refractivity contribution is 5.79. The Balaban J connectivity index is 1.67. The van der Waals surface area contributed by atoms with E-state index in [1.807, 2.05) is 23.1 Å². The third-order valence-electron chi connectivity index (χ3n) is 3.82. The Morgan fingerprint density at radius 1 is 1.47 bits per heavy atom. The first-order valence-corrected chi connectivity index (χ1v) is 6.24. The minimum atomic E-state index is 0.222. The van der Waals surface area contributed by atoms with E-state index in [0.29, 0.717) is 18.4 Å². The van der Waals surface area contributed by atoms with Crippen molar-refractivity contribution in [2.75, 3.05) is 19.6 Å². The van der Waals surface area contributed by atoms with Crippen LogP contribution in [0.1, 0.15) is 12.1 Å². The van der Waals surface area contributed by atoms with E-state index in [-0.39, 0.29) is 5.91 Å². The molecule has 2 saturated heterocycles. The molecule has 90 valence electrons. The second kappa shape index (κ2) is 4.45. The highest BCUT2D eigenvalue weighted by Gasteiger charge is 2.39. The quantitative estimate of drug-likeness (QED) is 0.803. The van der Waals surface area contributed by atoms with Crippen LogP contribution in [0.25, 0.3) is 0 Å². The maximum atomic E-state index is 12.2. The number of likely N-dealkylation sites (tertiary alicyclic amines) is 1. The van der Waals surface area contributed by atoms with Crippen LogP contribution >= 0.6 is 0 Å². The number of fused-ring (bicyclic) bond motifs is 1. The zero-order valence-electron chi connectivity index (χ0n) is 9.80. The number of nitrogens with zero attached hydrogens (tertiary/aromatic N) is 2. The summed E-state index contributed by atoms with van der Waals surface area (Å²) in [5.74, 6) is 0.891. The summed E-state index contributed by atoms with van der Waals surface area (Å²) in [5.41, 5.74) is 0.868. The molecule has 0 aliphatic carbocycles. The van der Waals surface area contributed by atoms with Crippen molar-refractivity contribution in [3.05, 3.63) is 30.1 Å². The smallest absolute Gasteiger partial charge is 0.228 e. The lowest BCUT2D eigenvalue weighted by atomic mass is 10.1. The molecule has 0 spiro atoms. The van der Waals surface area contributed by atoms with E-state index in [1.165, 1.54) is 0 Å². The van der Waals surface area contributed by atoms with E-state index in [9.17, 15) is 4.79 Å². The van der Waals surface area contributed by atoms with Crippen molar-refractivity contribution < 1.29 is 4.79 Å². The highest BCUT2D eigenvalue weighted by atomic mass is 16.2. The Kier molecular flexibility index (Phi) is 2.81. The number of aromatic nitrogens is 1. The van der Waals surface area contributed by atoms with Gasteiger partial charge in [0, 0.05) is 37.6 Å². The largest absolute Gasteiger partial charge is 0.338 e. The monoisotopic (exact) mass is 231 g/mol. The van der Waals surface area contributed by atoms with Crippen LogP contribution in [0.5, 0.6) is 0 Å². The van der Waals surface area contributed by atoms with Gasteiger partial charge < -0.3 is 10.2 Å². The Hall–Kier alpha value is -1.42. The fraction of sp³-hybridized carbons (Fsp3) is 0.538. The Labute approximate surface area is 101 Å². The minimum Gasteiger partial charge on any atom is -0.338 e. The summed E-state index contributed by atoms with van der Waals surface area (Å²) in [5, 5.41) is 3.36. The lowest BCUT2D eigenvalue weighted by molar-refractivity contribution is -0.131. The molecule has 2 aliphatic heterocycles. The van der Waals surface area contributed by atoms with Crippen LogP contribution in [-0.4, -0.2) is 41.5 Å². The number of hydrogen-bond acceptors (Lipinski definition) is 3. The van der Waals surface area contributed by atoms with E-state index in [4.69, 9.17) is 0 Å². The average Bonchev–Trinajstić information content (AvgIpc) is 2.91. The Morgan fingerprint density at radius 2 is 2.41 bits per heavy atom. The summed E-state index contributed by atoms with van der Waals surface area (Å²) in [7, 11) is 0. The van der Waals surface area contributed by atoms with Crippen LogP contribution in [-0.2, 0) is 11.2 Å². The van der Waals surface area contributed by atoms with Gasteiger partial charge in [-0.15, -0.1) is 0 Å². The molecule has 1 aromatic rings. The fourth-order valence-corrected chi connectivity index (χ4v) is 2.92. The molecule has 0 bridgehead atoms. The zero-order valence-corrected chi connectivity index (χ0v) is 9.80. The predicted molar refractivity (Wildman–Crippen MR) is 64.4 cm³/mol. The third-order valence-corrected chi connectivity index (χ3v) is 3.82. The zero-order chi connectivity index (χ0) is 11.7. The predicted octanol–water partition coefficient (Wildman–Crippen LogP) is 0.444. The van der Waals surface area contributed by atoms with Gasteiger partial charge in [-0.2, -0.15) is 0 Å². The van der Waals surface area contributed by atoms with Gasteiger partial charge in [-0.3, -0.25) is 9.78 Å². The van der Waals surface area contributed by atoms with Gasteiger partial charge >= 0.3 is 0 Å². The molecular formula is C13H17N3O. The second-order valence-corrected chi connectivity index (χ2v) is 4.86. The lowest BCUT2D eigenvalue weighted by Gasteiger charge is -2.23. The van der Waals surface area contributed by atoms with E-state index < -0.39 is 0 Å². The minimum absolute atomic E-state index is 0.222. The summed E-state index contributed by atoms with van der Waals surface area (Å²) in [6.45, 7) is 2.94. The van der Waals surface area contributed by atoms with Crippen molar-refractivity contribution in [1.29, 1.82) is 0 Å². The van der Waals surface area contributed by atoms with E-state index >= 15 is 0 Å². The first-order valence-electron chi connectivity index (χ1n) is 6.24. The molecule has 2 fully saturated rings. The van der Waals surface area contributed by atoms with Gasteiger partial charge in [0.2, 0.25) is 5.91 Å². The van der Waals surface area contributed by atoms with Crippen LogP contribution < -0.4 is 5.32 Å². The summed E-state index contributed by atoms with van der Waals surface area (Å²) < 4.78 is 0. The van der Waals surface area contributed by atoms with Crippen LogP contribution in [0.15, 0.2) is 24.4 Å². The standard InChI is InChI=1S/C13H17N3O/c17-13(7-11-3-1-2-5-15-11)16-6-4-10-8-14-9-12(10)16/h1-3,5,10,12,14H,4,6-9H2/t10-,12+/m1/s1. The van der Waals surface area contributed by atoms with Gasteiger partial charge in [0.05, 0.1) is 6.42 Å². The third kappa shape index (κ3) is 2.05. The first-order chi connectivity index (χ1) is 8.34. The number of carbonyl (C=O) groups is 1. The molecule has 3 rings (SSSR count). The molecule has 1 aromatic heterocycles. The molecular weight excluding hydrogens is 214 g/mol. The van der Waals surface area contributed by atoms with Crippen LogP contribution in [0.4, 0.5) is 0 Å². The van der Waals surface area contributed by atoms with Crippen molar-refractivity contribution in [3.8, 4) is 0 Å². The van der Waals surface area contributed by atoms with Crippen LogP contribution in [0.2, 0.25) is 0 Å². The molecule has 4 heteroatoms. The van der Waals surface area contributed by atoms with Crippen LogP contribution in [0, 0.1) is 5.92 Å². The number of rotatable bonds is 2. The molecule has 4 nitrogen and oxygen atoms in total. The molecule has 3 heterocycles. The second-order valence-electron chi connectivity index (χ2n) is 4.86. The van der Waals surface area contributed by atoms with Gasteiger partial charge in [0.1, 0.15) is 0 Å². The normalized spacial score (nSPS) is 27.2. The molecule has 17 heavy (non-hydrogen) atoms. The van der Waals surface area contributed by atoms with Gasteiger partial charge in [0.15, 0.2) is 0 Å². The van der Waals surface area contributed by atoms with Crippen LogP contribution in [0.3, 0.4) is 0 Å². The first kappa shape index (κ1) is 10.7. The SMILES string of the molecule is O=C(Cc1ccccn1)N1CC[C@@H]2CNC[C@@H]21. The molecule has 1 N–H and O–H groups in total. The summed E-state index contributed by atoms with van der Waals surface area (Å²) >= 11 is 0. The topological polar surface area (TPSA) is 45.2 Å². The summed E-state index contributed by atoms with van der Waals surface area (Å²) in [6, 6.07) is 6.14. The summed E-state index contributed by atoms with van der Waals surface area (Å²) in [4.78, 5) is 18.5. The van der Waals surface area contributed by atoms with Gasteiger partial charge in [0.25, 0.3) is 0 Å². The lowest BCUT2D eigenvalue weighted by Crippen LogP contribution is -2.40. The van der Waals surface area contributed by atoms with E-state index in [0.717, 1.165) is 31.7 Å². The molecule has 1 amide bonds. The van der Waals surface area contributed by atoms with Crippen molar-refractivity contribution in [3.63, 3.8) is 0 Å². The number of nitrogens with one attached hydrogen (secondary N) is 1. The maximum Gasteiger partial charge on any atom is 0.228 e. The van der Waals surface area contributed by atoms with Crippen molar-refractivity contribution >= 4 is 5.91 Å². The van der Waals surface area contributed by atoms with Gasteiger partial charge in [-0.1, -0.05) is 6.07 Å². The fourth-order valence-electron chi connectivity index (χ4n) is 2.92. The highest BCUT2D eigenvalue weighted by Crippen LogP contribution is 2.27. The number of hydrogen-bond donors (Lipinski definition) is 1. The number of pyridine rings is 1. The average molecular weight is 231 g/mol. The van der Waals surface area contributed by atoms with Crippen molar-refractivity contribution in [1.82, 2.24) is 15.2 Å². The maximum absolute atomic E-state index is 12.2. The number of carbonyl (C=O) groups excluding carboxylic acids is 1. The van der Waals surface area contributed by atoms with E-state index in [1.54, 1.807) is 6.20 Å². The van der Waals surface area contributed by atoms with E-state index in [2.05, 4.69) is 10.3 Å². The van der Waals surface area contributed by atoms with Crippen molar-refractivity contribution in [2.24, 2.45) is 5.92 Å². The molecule has 0 aromatic carbocycles. The molecule has 2 aliphatic rings. The molecule has 0 unspecified atom stereocenters. The summed E-state index contributed by atoms with van der Waals surface area (Å²) in [6.07, 6.45) is 3.32.